The number of halogens is 3. The van der Waals surface area contributed by atoms with Crippen molar-refractivity contribution in [3.63, 3.8) is 0 Å². The number of hydrogen-bond donors (Lipinski definition) is 0. The van der Waals surface area contributed by atoms with Gasteiger partial charge in [0.2, 0.25) is 0 Å². The number of alkyl halides is 3. The lowest BCUT2D eigenvalue weighted by atomic mass is 10.0. The van der Waals surface area contributed by atoms with Crippen LogP contribution in [0.4, 0.5) is 13.2 Å². The lowest BCUT2D eigenvalue weighted by Gasteiger charge is -2.23. The summed E-state index contributed by atoms with van der Waals surface area (Å²) in [6, 6.07) is 11.2. The third-order valence-electron chi connectivity index (χ3n) is 4.49. The van der Waals surface area contributed by atoms with Crippen LogP contribution in [-0.4, -0.2) is 35.4 Å². The van der Waals surface area contributed by atoms with Crippen molar-refractivity contribution in [3.8, 4) is 11.5 Å². The average Bonchev–Trinajstić information content (AvgIpc) is 2.64. The maximum atomic E-state index is 12.9. The number of benzene rings is 2. The first-order chi connectivity index (χ1) is 14.4. The van der Waals surface area contributed by atoms with Crippen molar-refractivity contribution in [2.75, 3.05) is 13.4 Å². The largest absolute Gasteiger partial charge is 0.534 e. The summed E-state index contributed by atoms with van der Waals surface area (Å²) in [5.41, 5.74) is -4.29. The summed E-state index contributed by atoms with van der Waals surface area (Å²) < 4.78 is 77.5. The SMILES string of the molecule is C[Si](C)(C)CCOCOc1cc(OS(=O)(=O)C(F)(F)F)c2c(c1)Sc1ccccc1C2. The molecule has 170 valence electrons. The lowest BCUT2D eigenvalue weighted by Crippen LogP contribution is -2.28. The zero-order valence-corrected chi connectivity index (χ0v) is 19.9. The minimum atomic E-state index is -5.82. The van der Waals surface area contributed by atoms with E-state index in [2.05, 4.69) is 23.8 Å². The van der Waals surface area contributed by atoms with E-state index < -0.39 is 29.4 Å². The van der Waals surface area contributed by atoms with Gasteiger partial charge in [0, 0.05) is 42.5 Å². The predicted molar refractivity (Wildman–Crippen MR) is 115 cm³/mol. The Morgan fingerprint density at radius 3 is 2.48 bits per heavy atom. The Morgan fingerprint density at radius 2 is 1.81 bits per heavy atom. The second-order valence-corrected chi connectivity index (χ2v) is 16.5. The maximum Gasteiger partial charge on any atom is 0.534 e. The van der Waals surface area contributed by atoms with E-state index >= 15 is 0 Å². The van der Waals surface area contributed by atoms with E-state index in [1.54, 1.807) is 6.07 Å². The Kier molecular flexibility index (Phi) is 6.99. The van der Waals surface area contributed by atoms with E-state index in [9.17, 15) is 21.6 Å². The quantitative estimate of drug-likeness (QED) is 0.133. The second kappa shape index (κ2) is 9.05. The Hall–Kier alpha value is -1.69. The Labute approximate surface area is 185 Å². The molecule has 0 bridgehead atoms. The molecule has 0 amide bonds. The van der Waals surface area contributed by atoms with Gasteiger partial charge < -0.3 is 13.7 Å². The Balaban J connectivity index is 1.85. The van der Waals surface area contributed by atoms with Gasteiger partial charge in [-0.25, -0.2) is 0 Å². The molecule has 0 spiro atoms. The van der Waals surface area contributed by atoms with Crippen molar-refractivity contribution in [2.24, 2.45) is 0 Å². The lowest BCUT2D eigenvalue weighted by molar-refractivity contribution is -0.0500. The molecule has 0 saturated carbocycles. The van der Waals surface area contributed by atoms with Crippen molar-refractivity contribution >= 4 is 30.0 Å². The first-order valence-electron chi connectivity index (χ1n) is 9.50. The molecule has 1 aliphatic heterocycles. The van der Waals surface area contributed by atoms with Gasteiger partial charge in [0.15, 0.2) is 12.5 Å². The van der Waals surface area contributed by atoms with Crippen LogP contribution in [0, 0.1) is 0 Å². The monoisotopic (exact) mass is 492 g/mol. The Morgan fingerprint density at radius 1 is 1.10 bits per heavy atom. The molecule has 2 aromatic rings. The van der Waals surface area contributed by atoms with Crippen LogP contribution >= 0.6 is 11.8 Å². The number of hydrogen-bond acceptors (Lipinski definition) is 6. The van der Waals surface area contributed by atoms with Crippen molar-refractivity contribution in [1.82, 2.24) is 0 Å². The van der Waals surface area contributed by atoms with E-state index in [4.69, 9.17) is 9.47 Å². The van der Waals surface area contributed by atoms with Crippen LogP contribution in [0.2, 0.25) is 25.7 Å². The third-order valence-corrected chi connectivity index (χ3v) is 8.36. The number of fused-ring (bicyclic) bond motifs is 2. The molecule has 0 aromatic heterocycles. The molecular weight excluding hydrogens is 469 g/mol. The van der Waals surface area contributed by atoms with Gasteiger partial charge in [0.1, 0.15) is 5.75 Å². The zero-order valence-electron chi connectivity index (χ0n) is 17.3. The van der Waals surface area contributed by atoms with Crippen molar-refractivity contribution < 1.29 is 35.2 Å². The molecule has 5 nitrogen and oxygen atoms in total. The number of rotatable bonds is 8. The van der Waals surface area contributed by atoms with Crippen LogP contribution in [0.5, 0.6) is 11.5 Å². The third kappa shape index (κ3) is 6.18. The summed E-state index contributed by atoms with van der Waals surface area (Å²) in [6.45, 7) is 7.03. The van der Waals surface area contributed by atoms with Crippen molar-refractivity contribution in [2.45, 2.75) is 47.4 Å². The smallest absolute Gasteiger partial charge is 0.467 e. The van der Waals surface area contributed by atoms with Gasteiger partial charge in [-0.05, 0) is 23.7 Å². The second-order valence-electron chi connectivity index (χ2n) is 8.25. The van der Waals surface area contributed by atoms with Crippen LogP contribution in [0.1, 0.15) is 11.1 Å². The molecule has 0 unspecified atom stereocenters. The van der Waals surface area contributed by atoms with Crippen LogP contribution < -0.4 is 8.92 Å². The molecule has 1 aliphatic rings. The van der Waals surface area contributed by atoms with Crippen molar-refractivity contribution in [3.05, 3.63) is 47.5 Å². The topological polar surface area (TPSA) is 61.8 Å². The van der Waals surface area contributed by atoms with Crippen LogP contribution in [0.15, 0.2) is 46.2 Å². The van der Waals surface area contributed by atoms with Gasteiger partial charge in [-0.2, -0.15) is 21.6 Å². The highest BCUT2D eigenvalue weighted by molar-refractivity contribution is 7.99. The summed E-state index contributed by atoms with van der Waals surface area (Å²) in [6.07, 6.45) is 0.244. The molecule has 0 N–H and O–H groups in total. The van der Waals surface area contributed by atoms with Gasteiger partial charge >= 0.3 is 15.6 Å². The molecule has 0 aliphatic carbocycles. The molecule has 2 aromatic carbocycles. The predicted octanol–water partition coefficient (Wildman–Crippen LogP) is 5.66. The van der Waals surface area contributed by atoms with Gasteiger partial charge in [0.05, 0.1) is 0 Å². The first-order valence-corrected chi connectivity index (χ1v) is 15.4. The summed E-state index contributed by atoms with van der Waals surface area (Å²) in [5.74, 6) is -0.222. The molecule has 0 fully saturated rings. The molecule has 0 saturated heterocycles. The minimum Gasteiger partial charge on any atom is -0.467 e. The molecule has 11 heteroatoms. The fourth-order valence-electron chi connectivity index (χ4n) is 2.79. The molecule has 1 heterocycles. The van der Waals surface area contributed by atoms with E-state index in [0.717, 1.165) is 16.5 Å². The first kappa shape index (κ1) is 24.0. The van der Waals surface area contributed by atoms with Gasteiger partial charge in [0.25, 0.3) is 0 Å². The normalized spacial score (nSPS) is 14.0. The molecule has 0 atom stereocenters. The highest BCUT2D eigenvalue weighted by Crippen LogP contribution is 2.46. The van der Waals surface area contributed by atoms with Crippen LogP contribution in [0.25, 0.3) is 0 Å². The van der Waals surface area contributed by atoms with E-state index in [0.29, 0.717) is 17.1 Å². The van der Waals surface area contributed by atoms with E-state index in [1.807, 2.05) is 24.3 Å². The Bertz CT molecular complexity index is 1050. The van der Waals surface area contributed by atoms with Gasteiger partial charge in [-0.3, -0.25) is 0 Å². The van der Waals surface area contributed by atoms with Crippen LogP contribution in [0.3, 0.4) is 0 Å². The van der Waals surface area contributed by atoms with Crippen LogP contribution in [-0.2, 0) is 21.3 Å². The molecular formula is C20H23F3O5S2Si. The molecule has 31 heavy (non-hydrogen) atoms. The fraction of sp³-hybridized carbons (Fsp3) is 0.400. The average molecular weight is 493 g/mol. The van der Waals surface area contributed by atoms with E-state index in [1.165, 1.54) is 17.8 Å². The molecule has 3 rings (SSSR count). The van der Waals surface area contributed by atoms with Gasteiger partial charge in [-0.1, -0.05) is 49.6 Å². The summed E-state index contributed by atoms with van der Waals surface area (Å²) >= 11 is 1.32. The van der Waals surface area contributed by atoms with Gasteiger partial charge in [-0.15, -0.1) is 0 Å². The maximum absolute atomic E-state index is 12.9. The summed E-state index contributed by atoms with van der Waals surface area (Å²) in [4.78, 5) is 1.51. The molecule has 0 radical (unpaired) electrons. The number of ether oxygens (including phenoxy) is 2. The van der Waals surface area contributed by atoms with E-state index in [-0.39, 0.29) is 19.0 Å². The van der Waals surface area contributed by atoms with Crippen molar-refractivity contribution in [1.29, 1.82) is 0 Å². The highest BCUT2D eigenvalue weighted by atomic mass is 32.2. The highest BCUT2D eigenvalue weighted by Gasteiger charge is 2.49. The zero-order chi connectivity index (χ0) is 22.9. The standard InChI is InChI=1S/C20H23F3O5S2Si/c1-31(2,3)9-8-26-13-27-15-11-17(28-30(24,25)20(21,22)23)16-10-14-6-4-5-7-18(14)29-19(16)12-15/h4-7,11-12H,8-10,13H2,1-3H3. The fourth-order valence-corrected chi connectivity index (χ4v) is 5.15. The summed E-state index contributed by atoms with van der Waals surface area (Å²) in [7, 11) is -7.09. The summed E-state index contributed by atoms with van der Waals surface area (Å²) in [5, 5.41) is 0. The minimum absolute atomic E-state index is 0.101.